The fourth-order valence-corrected chi connectivity index (χ4v) is 5.31. The maximum atomic E-state index is 12.8. The molecular formula is C20H22F3NO5S. The highest BCUT2D eigenvalue weighted by Gasteiger charge is 2.39. The van der Waals surface area contributed by atoms with Gasteiger partial charge in [-0.25, -0.2) is 8.42 Å². The molecule has 0 bridgehead atoms. The molecule has 10 heteroatoms. The molecule has 0 radical (unpaired) electrons. The van der Waals surface area contributed by atoms with Crippen LogP contribution in [0.1, 0.15) is 24.8 Å². The van der Waals surface area contributed by atoms with E-state index in [4.69, 9.17) is 9.84 Å². The van der Waals surface area contributed by atoms with Gasteiger partial charge in [0, 0.05) is 23.6 Å². The molecule has 3 rings (SSSR count). The zero-order valence-corrected chi connectivity index (χ0v) is 16.9. The third-order valence-electron chi connectivity index (χ3n) is 5.25. The van der Waals surface area contributed by atoms with Crippen LogP contribution in [0.3, 0.4) is 0 Å². The fourth-order valence-electron chi connectivity index (χ4n) is 3.44. The van der Waals surface area contributed by atoms with E-state index in [-0.39, 0.29) is 56.4 Å². The van der Waals surface area contributed by atoms with Crippen molar-refractivity contribution in [1.29, 1.82) is 0 Å². The average Bonchev–Trinajstić information content (AvgIpc) is 3.23. The summed E-state index contributed by atoms with van der Waals surface area (Å²) >= 11 is 0. The van der Waals surface area contributed by atoms with Crippen LogP contribution in [0.15, 0.2) is 46.9 Å². The summed E-state index contributed by atoms with van der Waals surface area (Å²) in [5, 5.41) is 8.18. The summed E-state index contributed by atoms with van der Waals surface area (Å²) in [6, 6.07) is 6.56. The first-order valence-electron chi connectivity index (χ1n) is 9.42. The fraction of sp³-hybridized carbons (Fsp3) is 0.450. The topological polar surface area (TPSA) is 83.9 Å². The number of benzene rings is 1. The van der Waals surface area contributed by atoms with Crippen molar-refractivity contribution in [2.75, 3.05) is 19.7 Å². The Morgan fingerprint density at radius 1 is 1.17 bits per heavy atom. The molecule has 1 unspecified atom stereocenters. The highest BCUT2D eigenvalue weighted by molar-refractivity contribution is 7.95. The number of likely N-dealkylation sites (tertiary alicyclic amines) is 1. The Balaban J connectivity index is 1.58. The van der Waals surface area contributed by atoms with E-state index in [0.29, 0.717) is 11.3 Å². The van der Waals surface area contributed by atoms with Crippen LogP contribution < -0.4 is 4.74 Å². The van der Waals surface area contributed by atoms with E-state index >= 15 is 0 Å². The molecule has 1 amide bonds. The van der Waals surface area contributed by atoms with Gasteiger partial charge in [0.05, 0.1) is 11.9 Å². The van der Waals surface area contributed by atoms with Gasteiger partial charge in [-0.1, -0.05) is 18.2 Å². The van der Waals surface area contributed by atoms with Crippen LogP contribution in [0.2, 0.25) is 0 Å². The van der Waals surface area contributed by atoms with Crippen LogP contribution in [-0.4, -0.2) is 55.5 Å². The second-order valence-corrected chi connectivity index (χ2v) is 9.49. The molecule has 1 aromatic rings. The number of aliphatic hydroxyl groups excluding tert-OH is 1. The molecular weight excluding hydrogens is 423 g/mol. The molecule has 1 aromatic carbocycles. The first-order chi connectivity index (χ1) is 14.1. The van der Waals surface area contributed by atoms with Gasteiger partial charge in [-0.05, 0) is 43.0 Å². The zero-order chi connectivity index (χ0) is 21.9. The van der Waals surface area contributed by atoms with Crippen LogP contribution >= 0.6 is 0 Å². The second kappa shape index (κ2) is 8.81. The lowest BCUT2D eigenvalue weighted by molar-refractivity contribution is -0.132. The van der Waals surface area contributed by atoms with Crippen molar-refractivity contribution in [3.63, 3.8) is 0 Å². The van der Waals surface area contributed by atoms with Crippen LogP contribution in [0.25, 0.3) is 0 Å². The highest BCUT2D eigenvalue weighted by atomic mass is 32.2. The molecule has 1 heterocycles. The molecule has 30 heavy (non-hydrogen) atoms. The smallest absolute Gasteiger partial charge is 0.412 e. The number of rotatable bonds is 6. The Morgan fingerprint density at radius 2 is 1.87 bits per heavy atom. The van der Waals surface area contributed by atoms with Crippen LogP contribution in [0.5, 0.6) is 5.75 Å². The Morgan fingerprint density at radius 3 is 2.43 bits per heavy atom. The summed E-state index contributed by atoms with van der Waals surface area (Å²) in [4.78, 5) is 13.7. The van der Waals surface area contributed by atoms with E-state index in [0.717, 1.165) is 12.2 Å². The number of allylic oxidation sites excluding steroid dienone is 4. The molecule has 1 atom stereocenters. The summed E-state index contributed by atoms with van der Waals surface area (Å²) in [7, 11) is -3.78. The SMILES string of the molecule is O=C(COc1ccc(CO)cc1)N1CCC(S(=O)(=O)C2=CC=C(C(F)(F)F)CC2)C1. The van der Waals surface area contributed by atoms with Gasteiger partial charge < -0.3 is 14.7 Å². The number of carbonyl (C=O) groups excluding carboxylic acids is 1. The van der Waals surface area contributed by atoms with Gasteiger partial charge >= 0.3 is 6.18 Å². The normalized spacial score (nSPS) is 20.0. The third-order valence-corrected chi connectivity index (χ3v) is 7.58. The van der Waals surface area contributed by atoms with Crippen molar-refractivity contribution in [3.05, 3.63) is 52.5 Å². The second-order valence-electron chi connectivity index (χ2n) is 7.21. The Bertz CT molecular complexity index is 952. The average molecular weight is 445 g/mol. The molecule has 6 nitrogen and oxygen atoms in total. The quantitative estimate of drug-likeness (QED) is 0.728. The van der Waals surface area contributed by atoms with Crippen LogP contribution in [-0.2, 0) is 21.2 Å². The molecule has 2 aliphatic rings. The molecule has 164 valence electrons. The molecule has 0 aromatic heterocycles. The minimum absolute atomic E-state index is 0.0127. The number of nitrogens with zero attached hydrogens (tertiary/aromatic N) is 1. The Hall–Kier alpha value is -2.33. The van der Waals surface area contributed by atoms with Gasteiger partial charge in [-0.3, -0.25) is 4.79 Å². The van der Waals surface area contributed by atoms with Gasteiger partial charge in [0.15, 0.2) is 16.4 Å². The number of sulfone groups is 1. The minimum Gasteiger partial charge on any atom is -0.484 e. The summed E-state index contributed by atoms with van der Waals surface area (Å²) in [6.07, 6.45) is -2.93. The predicted octanol–water partition coefficient (Wildman–Crippen LogP) is 2.74. The third kappa shape index (κ3) is 5.04. The summed E-state index contributed by atoms with van der Waals surface area (Å²) in [5.41, 5.74) is -0.0377. The number of amides is 1. The van der Waals surface area contributed by atoms with Crippen molar-refractivity contribution in [1.82, 2.24) is 4.90 Å². The zero-order valence-electron chi connectivity index (χ0n) is 16.1. The van der Waals surface area contributed by atoms with E-state index in [1.807, 2.05) is 0 Å². The van der Waals surface area contributed by atoms with Crippen molar-refractivity contribution in [3.8, 4) is 5.75 Å². The number of hydrogen-bond acceptors (Lipinski definition) is 5. The van der Waals surface area contributed by atoms with Crippen molar-refractivity contribution in [2.24, 2.45) is 0 Å². The van der Waals surface area contributed by atoms with E-state index in [1.54, 1.807) is 24.3 Å². The van der Waals surface area contributed by atoms with E-state index in [2.05, 4.69) is 0 Å². The Labute approximate surface area is 172 Å². The molecule has 1 N–H and O–H groups in total. The largest absolute Gasteiger partial charge is 0.484 e. The number of ether oxygens (including phenoxy) is 1. The van der Waals surface area contributed by atoms with Gasteiger partial charge in [0.25, 0.3) is 5.91 Å². The molecule has 0 spiro atoms. The van der Waals surface area contributed by atoms with Crippen LogP contribution in [0, 0.1) is 0 Å². The lowest BCUT2D eigenvalue weighted by Crippen LogP contribution is -2.35. The number of alkyl halides is 3. The lowest BCUT2D eigenvalue weighted by Gasteiger charge is -2.20. The standard InChI is InChI=1S/C20H22F3NO5S/c21-20(22,23)15-3-7-17(8-4-15)30(27,28)18-9-10-24(11-18)19(26)13-29-16-5-1-14(12-25)2-6-16/h1-3,5-7,18,25H,4,8-13H2. The van der Waals surface area contributed by atoms with Crippen molar-refractivity contribution < 1.29 is 36.2 Å². The monoisotopic (exact) mass is 445 g/mol. The van der Waals surface area contributed by atoms with E-state index < -0.39 is 26.8 Å². The summed E-state index contributed by atoms with van der Waals surface area (Å²) in [5.74, 6) is 0.0827. The molecule has 1 fully saturated rings. The predicted molar refractivity (Wildman–Crippen MR) is 103 cm³/mol. The Kier molecular flexibility index (Phi) is 6.56. The molecule has 1 saturated heterocycles. The van der Waals surface area contributed by atoms with Gasteiger partial charge in [0.1, 0.15) is 5.75 Å². The summed E-state index contributed by atoms with van der Waals surface area (Å²) < 4.78 is 69.2. The summed E-state index contributed by atoms with van der Waals surface area (Å²) in [6.45, 7) is -0.133. The molecule has 1 aliphatic heterocycles. The van der Waals surface area contributed by atoms with Gasteiger partial charge in [0.2, 0.25) is 0 Å². The van der Waals surface area contributed by atoms with Crippen molar-refractivity contribution >= 4 is 15.7 Å². The first-order valence-corrected chi connectivity index (χ1v) is 11.0. The number of carbonyl (C=O) groups is 1. The molecule has 1 aliphatic carbocycles. The lowest BCUT2D eigenvalue weighted by atomic mass is 10.1. The maximum Gasteiger partial charge on any atom is 0.412 e. The van der Waals surface area contributed by atoms with Crippen molar-refractivity contribution in [2.45, 2.75) is 37.3 Å². The number of hydrogen-bond donors (Lipinski definition) is 1. The van der Waals surface area contributed by atoms with Gasteiger partial charge in [-0.15, -0.1) is 0 Å². The number of aliphatic hydroxyl groups is 1. The van der Waals surface area contributed by atoms with E-state index in [1.165, 1.54) is 4.90 Å². The van der Waals surface area contributed by atoms with Gasteiger partial charge in [-0.2, -0.15) is 13.2 Å². The number of halogens is 3. The van der Waals surface area contributed by atoms with E-state index in [9.17, 15) is 26.4 Å². The highest BCUT2D eigenvalue weighted by Crippen LogP contribution is 2.36. The van der Waals surface area contributed by atoms with Crippen LogP contribution in [0.4, 0.5) is 13.2 Å². The molecule has 0 saturated carbocycles. The maximum absolute atomic E-state index is 12.8. The minimum atomic E-state index is -4.46. The first kappa shape index (κ1) is 22.4.